The first kappa shape index (κ1) is 11.7. The van der Waals surface area contributed by atoms with Crippen molar-refractivity contribution < 1.29 is 51.4 Å². The Labute approximate surface area is 110 Å². The van der Waals surface area contributed by atoms with Gasteiger partial charge in [-0.05, 0) is 12.1 Å². The van der Waals surface area contributed by atoms with E-state index in [0.29, 0.717) is 0 Å². The monoisotopic (exact) mass is 174 g/mol. The average Bonchev–Trinajstić information content (AvgIpc) is 2.03. The van der Waals surface area contributed by atoms with Crippen LogP contribution >= 0.6 is 0 Å². The van der Waals surface area contributed by atoms with Crippen molar-refractivity contribution >= 4 is 0 Å². The molecule has 1 N–H and O–H groups in total. The third kappa shape index (κ3) is 5.06. The van der Waals surface area contributed by atoms with E-state index in [2.05, 4.69) is 17.2 Å². The molecule has 0 bridgehead atoms. The van der Waals surface area contributed by atoms with Gasteiger partial charge < -0.3 is 12.2 Å². The zero-order valence-corrected chi connectivity index (χ0v) is 10.0. The Bertz CT molecular complexity index is 177. The minimum absolute atomic E-state index is 0. The fraction of sp³-hybridized carbons (Fsp3) is 0.250. The molecule has 0 unspecified atom stereocenters. The topological polar surface area (TPSA) is 24.9 Å². The maximum Gasteiger partial charge on any atom is 1.00 e. The van der Waals surface area contributed by atoms with Gasteiger partial charge in [0, 0.05) is 12.7 Å². The number of aromatic nitrogens is 1. The number of nitrogens with one attached hydrogen (secondary N) is 1. The van der Waals surface area contributed by atoms with Crippen LogP contribution < -0.4 is 56.7 Å². The first-order valence-corrected chi connectivity index (χ1v) is 3.33. The van der Waals surface area contributed by atoms with Crippen molar-refractivity contribution in [2.75, 3.05) is 6.54 Å². The number of hydrogen-bond acceptors (Lipinski definition) is 2. The van der Waals surface area contributed by atoms with Crippen LogP contribution in [0, 0.1) is 6.92 Å². The van der Waals surface area contributed by atoms with Gasteiger partial charge in [0.25, 0.3) is 0 Å². The molecule has 1 heterocycles. The molecule has 0 atom stereocenters. The summed E-state index contributed by atoms with van der Waals surface area (Å²) in [6.07, 6.45) is 1.79. The molecule has 0 saturated heterocycles. The third-order valence-electron chi connectivity index (χ3n) is 1.21. The van der Waals surface area contributed by atoms with Crippen molar-refractivity contribution in [1.29, 1.82) is 0 Å². The van der Waals surface area contributed by atoms with Crippen LogP contribution in [0.5, 0.6) is 0 Å². The Balaban J connectivity index is 0.000001000. The first-order valence-electron chi connectivity index (χ1n) is 3.33. The minimum Gasteiger partial charge on any atom is -0.341 e. The van der Waals surface area contributed by atoms with E-state index in [1.165, 1.54) is 0 Å². The SMILES string of the molecule is [CH2-]CNCc1ccccn1.[K+]. The summed E-state index contributed by atoms with van der Waals surface area (Å²) in [6, 6.07) is 5.88. The molecule has 0 radical (unpaired) electrons. The van der Waals surface area contributed by atoms with Gasteiger partial charge in [0.2, 0.25) is 0 Å². The molecule has 0 saturated carbocycles. The van der Waals surface area contributed by atoms with E-state index in [4.69, 9.17) is 0 Å². The largest absolute Gasteiger partial charge is 1.00 e. The van der Waals surface area contributed by atoms with E-state index in [0.717, 1.165) is 18.8 Å². The van der Waals surface area contributed by atoms with Crippen LogP contribution in [0.25, 0.3) is 0 Å². The maximum atomic E-state index is 4.13. The van der Waals surface area contributed by atoms with E-state index in [9.17, 15) is 0 Å². The Hall–Kier alpha value is 0.746. The van der Waals surface area contributed by atoms with E-state index in [1.807, 2.05) is 18.2 Å². The normalized spacial score (nSPS) is 8.82. The number of hydrogen-bond donors (Lipinski definition) is 1. The number of rotatable bonds is 3. The van der Waals surface area contributed by atoms with Crippen molar-refractivity contribution in [2.24, 2.45) is 0 Å². The zero-order valence-electron chi connectivity index (χ0n) is 6.88. The van der Waals surface area contributed by atoms with Gasteiger partial charge in [-0.1, -0.05) is 6.07 Å². The van der Waals surface area contributed by atoms with Crippen LogP contribution in [0.4, 0.5) is 0 Å². The summed E-state index contributed by atoms with van der Waals surface area (Å²) in [6.45, 7) is 5.22. The third-order valence-corrected chi connectivity index (χ3v) is 1.21. The fourth-order valence-electron chi connectivity index (χ4n) is 0.719. The smallest absolute Gasteiger partial charge is 0.341 e. The molecule has 0 aliphatic heterocycles. The molecule has 0 fully saturated rings. The molecule has 1 aromatic heterocycles. The van der Waals surface area contributed by atoms with Gasteiger partial charge in [0.05, 0.1) is 5.69 Å². The molecular weight excluding hydrogens is 163 g/mol. The fourth-order valence-corrected chi connectivity index (χ4v) is 0.719. The standard InChI is InChI=1S/C8H11N2.K/c1-2-9-7-8-5-3-4-6-10-8;/h3-6,9H,1-2,7H2;/q-1;+1. The summed E-state index contributed by atoms with van der Waals surface area (Å²) in [5.74, 6) is 0. The zero-order chi connectivity index (χ0) is 7.23. The average molecular weight is 174 g/mol. The van der Waals surface area contributed by atoms with Crippen molar-refractivity contribution in [3.63, 3.8) is 0 Å². The molecule has 11 heavy (non-hydrogen) atoms. The molecule has 54 valence electrons. The summed E-state index contributed by atoms with van der Waals surface area (Å²) in [4.78, 5) is 4.13. The molecule has 0 aromatic carbocycles. The van der Waals surface area contributed by atoms with Crippen molar-refractivity contribution in [1.82, 2.24) is 10.3 Å². The number of nitrogens with zero attached hydrogens (tertiary/aromatic N) is 1. The molecule has 3 heteroatoms. The number of pyridine rings is 1. The molecule has 1 rings (SSSR count). The van der Waals surface area contributed by atoms with Gasteiger partial charge in [-0.2, -0.15) is 0 Å². The van der Waals surface area contributed by atoms with Gasteiger partial charge in [-0.15, -0.1) is 6.54 Å². The minimum atomic E-state index is 0. The van der Waals surface area contributed by atoms with Crippen LogP contribution in [-0.4, -0.2) is 11.5 Å². The van der Waals surface area contributed by atoms with Gasteiger partial charge >= 0.3 is 51.4 Å². The van der Waals surface area contributed by atoms with Crippen LogP contribution in [0.3, 0.4) is 0 Å². The summed E-state index contributed by atoms with van der Waals surface area (Å²) in [7, 11) is 0. The molecule has 0 spiro atoms. The molecule has 1 aromatic rings. The molecule has 0 amide bonds. The predicted octanol–water partition coefficient (Wildman–Crippen LogP) is -1.99. The van der Waals surface area contributed by atoms with Crippen LogP contribution in [0.2, 0.25) is 0 Å². The summed E-state index contributed by atoms with van der Waals surface area (Å²) in [5.41, 5.74) is 1.06. The summed E-state index contributed by atoms with van der Waals surface area (Å²) < 4.78 is 0. The van der Waals surface area contributed by atoms with E-state index < -0.39 is 0 Å². The Kier molecular flexibility index (Phi) is 7.90. The van der Waals surface area contributed by atoms with E-state index >= 15 is 0 Å². The van der Waals surface area contributed by atoms with E-state index in [1.54, 1.807) is 6.20 Å². The predicted molar refractivity (Wildman–Crippen MR) is 41.3 cm³/mol. The molecule has 0 aliphatic carbocycles. The molecular formula is C8H11KN2. The maximum absolute atomic E-state index is 4.13. The van der Waals surface area contributed by atoms with Crippen molar-refractivity contribution in [2.45, 2.75) is 6.54 Å². The quantitative estimate of drug-likeness (QED) is 0.424. The van der Waals surface area contributed by atoms with Crippen LogP contribution in [-0.2, 0) is 6.54 Å². The van der Waals surface area contributed by atoms with Gasteiger partial charge in [0.1, 0.15) is 0 Å². The Morgan fingerprint density at radius 1 is 1.45 bits per heavy atom. The van der Waals surface area contributed by atoms with Gasteiger partial charge in [-0.3, -0.25) is 4.98 Å². The van der Waals surface area contributed by atoms with E-state index in [-0.39, 0.29) is 51.4 Å². The Morgan fingerprint density at radius 2 is 2.27 bits per heavy atom. The second-order valence-corrected chi connectivity index (χ2v) is 2.00. The molecule has 2 nitrogen and oxygen atoms in total. The van der Waals surface area contributed by atoms with Crippen LogP contribution in [0.15, 0.2) is 24.4 Å². The Morgan fingerprint density at radius 3 is 2.82 bits per heavy atom. The summed E-state index contributed by atoms with van der Waals surface area (Å²) in [5, 5.41) is 3.09. The molecule has 0 aliphatic rings. The second kappa shape index (κ2) is 7.40. The summed E-state index contributed by atoms with van der Waals surface area (Å²) >= 11 is 0. The van der Waals surface area contributed by atoms with Crippen molar-refractivity contribution in [3.8, 4) is 0 Å². The van der Waals surface area contributed by atoms with Crippen LogP contribution in [0.1, 0.15) is 5.69 Å². The van der Waals surface area contributed by atoms with Crippen molar-refractivity contribution in [3.05, 3.63) is 37.0 Å². The second-order valence-electron chi connectivity index (χ2n) is 2.00. The van der Waals surface area contributed by atoms with Gasteiger partial charge in [-0.25, -0.2) is 0 Å². The first-order chi connectivity index (χ1) is 4.93. The van der Waals surface area contributed by atoms with Gasteiger partial charge in [0.15, 0.2) is 0 Å².